The predicted molar refractivity (Wildman–Crippen MR) is 68.4 cm³/mol. The van der Waals surface area contributed by atoms with E-state index in [1.54, 1.807) is 12.1 Å². The third-order valence-electron chi connectivity index (χ3n) is 3.56. The van der Waals surface area contributed by atoms with Gasteiger partial charge in [-0.05, 0) is 43.5 Å². The Morgan fingerprint density at radius 1 is 1.56 bits per heavy atom. The van der Waals surface area contributed by atoms with E-state index in [1.807, 2.05) is 11.8 Å². The molecule has 0 aliphatic carbocycles. The molecular weight excluding hydrogens is 231 g/mol. The molecule has 1 aliphatic heterocycles. The lowest BCUT2D eigenvalue weighted by atomic mass is 10.1. The van der Waals surface area contributed by atoms with Crippen molar-refractivity contribution in [3.63, 3.8) is 0 Å². The smallest absolute Gasteiger partial charge is 0.227 e. The van der Waals surface area contributed by atoms with E-state index in [2.05, 4.69) is 0 Å². The first-order chi connectivity index (χ1) is 8.60. The molecule has 1 saturated heterocycles. The van der Waals surface area contributed by atoms with Gasteiger partial charge in [-0.3, -0.25) is 4.79 Å². The Kier molecular flexibility index (Phi) is 3.97. The largest absolute Gasteiger partial charge is 0.339 e. The summed E-state index contributed by atoms with van der Waals surface area (Å²) in [4.78, 5) is 14.0. The molecule has 0 saturated carbocycles. The maximum atomic E-state index is 13.0. The van der Waals surface area contributed by atoms with Crippen LogP contribution in [0.25, 0.3) is 0 Å². The van der Waals surface area contributed by atoms with Gasteiger partial charge < -0.3 is 10.6 Å². The Hall–Kier alpha value is -1.42. The number of carbonyl (C=O) groups excluding carboxylic acids is 1. The first kappa shape index (κ1) is 13.0. The summed E-state index contributed by atoms with van der Waals surface area (Å²) in [6, 6.07) is 6.45. The molecule has 2 atom stereocenters. The van der Waals surface area contributed by atoms with E-state index >= 15 is 0 Å². The fourth-order valence-corrected chi connectivity index (χ4v) is 2.58. The number of hydrogen-bond donors (Lipinski definition) is 1. The van der Waals surface area contributed by atoms with Crippen LogP contribution in [0.3, 0.4) is 0 Å². The highest BCUT2D eigenvalue weighted by atomic mass is 19.1. The maximum absolute atomic E-state index is 13.0. The maximum Gasteiger partial charge on any atom is 0.227 e. The van der Waals surface area contributed by atoms with Crippen LogP contribution in [0.15, 0.2) is 24.3 Å². The molecular formula is C14H19FN2O. The van der Waals surface area contributed by atoms with Crippen LogP contribution >= 0.6 is 0 Å². The summed E-state index contributed by atoms with van der Waals surface area (Å²) in [7, 11) is 0. The van der Waals surface area contributed by atoms with Crippen LogP contribution in [0.5, 0.6) is 0 Å². The zero-order valence-corrected chi connectivity index (χ0v) is 10.6. The number of benzene rings is 1. The summed E-state index contributed by atoms with van der Waals surface area (Å²) in [5.41, 5.74) is 6.37. The molecule has 2 unspecified atom stereocenters. The number of nitrogens with two attached hydrogens (primary N) is 1. The van der Waals surface area contributed by atoms with Gasteiger partial charge in [0, 0.05) is 12.6 Å². The Morgan fingerprint density at radius 3 is 2.94 bits per heavy atom. The minimum absolute atomic E-state index is 0.0593. The van der Waals surface area contributed by atoms with E-state index in [9.17, 15) is 9.18 Å². The SMILES string of the molecule is CC1CC(CN)CN1C(=O)Cc1cccc(F)c1. The number of amides is 1. The lowest BCUT2D eigenvalue weighted by Crippen LogP contribution is -2.35. The summed E-state index contributed by atoms with van der Waals surface area (Å²) < 4.78 is 13.0. The molecule has 1 aromatic rings. The zero-order chi connectivity index (χ0) is 13.1. The molecule has 0 radical (unpaired) electrons. The van der Waals surface area contributed by atoms with Gasteiger partial charge in [0.25, 0.3) is 0 Å². The first-order valence-corrected chi connectivity index (χ1v) is 6.34. The Morgan fingerprint density at radius 2 is 2.33 bits per heavy atom. The van der Waals surface area contributed by atoms with Crippen molar-refractivity contribution >= 4 is 5.91 Å². The van der Waals surface area contributed by atoms with Gasteiger partial charge in [0.15, 0.2) is 0 Å². The van der Waals surface area contributed by atoms with Gasteiger partial charge in [0.05, 0.1) is 6.42 Å². The van der Waals surface area contributed by atoms with E-state index in [4.69, 9.17) is 5.73 Å². The average Bonchev–Trinajstić information content (AvgIpc) is 2.70. The van der Waals surface area contributed by atoms with Crippen molar-refractivity contribution in [2.75, 3.05) is 13.1 Å². The van der Waals surface area contributed by atoms with Crippen molar-refractivity contribution in [2.45, 2.75) is 25.8 Å². The van der Waals surface area contributed by atoms with Gasteiger partial charge in [-0.25, -0.2) is 4.39 Å². The molecule has 1 aromatic carbocycles. The quantitative estimate of drug-likeness (QED) is 0.885. The number of likely N-dealkylation sites (tertiary alicyclic amines) is 1. The molecule has 1 amide bonds. The number of rotatable bonds is 3. The van der Waals surface area contributed by atoms with Crippen LogP contribution in [-0.2, 0) is 11.2 Å². The van der Waals surface area contributed by atoms with Crippen LogP contribution in [0.4, 0.5) is 4.39 Å². The van der Waals surface area contributed by atoms with E-state index in [-0.39, 0.29) is 24.2 Å². The zero-order valence-electron chi connectivity index (χ0n) is 10.6. The Labute approximate surface area is 107 Å². The molecule has 98 valence electrons. The van der Waals surface area contributed by atoms with Crippen LogP contribution in [0, 0.1) is 11.7 Å². The molecule has 2 rings (SSSR count). The monoisotopic (exact) mass is 250 g/mol. The van der Waals surface area contributed by atoms with Crippen LogP contribution < -0.4 is 5.73 Å². The first-order valence-electron chi connectivity index (χ1n) is 6.34. The highest BCUT2D eigenvalue weighted by Crippen LogP contribution is 2.23. The molecule has 18 heavy (non-hydrogen) atoms. The second kappa shape index (κ2) is 5.48. The van der Waals surface area contributed by atoms with Crippen molar-refractivity contribution in [1.29, 1.82) is 0 Å². The van der Waals surface area contributed by atoms with Crippen molar-refractivity contribution in [2.24, 2.45) is 11.7 Å². The molecule has 2 N–H and O–H groups in total. The number of nitrogens with zero attached hydrogens (tertiary/aromatic N) is 1. The van der Waals surface area contributed by atoms with Crippen LogP contribution in [-0.4, -0.2) is 29.9 Å². The van der Waals surface area contributed by atoms with Gasteiger partial charge in [-0.1, -0.05) is 12.1 Å². The van der Waals surface area contributed by atoms with Crippen molar-refractivity contribution in [1.82, 2.24) is 4.90 Å². The van der Waals surface area contributed by atoms with Crippen molar-refractivity contribution in [3.8, 4) is 0 Å². The molecule has 3 nitrogen and oxygen atoms in total. The van der Waals surface area contributed by atoms with Crippen molar-refractivity contribution < 1.29 is 9.18 Å². The summed E-state index contributed by atoms with van der Waals surface area (Å²) in [6.07, 6.45) is 1.23. The van der Waals surface area contributed by atoms with E-state index < -0.39 is 0 Å². The van der Waals surface area contributed by atoms with Crippen molar-refractivity contribution in [3.05, 3.63) is 35.6 Å². The number of hydrogen-bond acceptors (Lipinski definition) is 2. The number of carbonyl (C=O) groups is 1. The Bertz CT molecular complexity index is 436. The van der Waals surface area contributed by atoms with Gasteiger partial charge in [-0.2, -0.15) is 0 Å². The number of halogens is 1. The standard InChI is InChI=1S/C14H19FN2O/c1-10-5-12(8-16)9-17(10)14(18)7-11-3-2-4-13(15)6-11/h2-4,6,10,12H,5,7-9,16H2,1H3. The van der Waals surface area contributed by atoms with E-state index in [1.165, 1.54) is 12.1 Å². The minimum atomic E-state index is -0.297. The Balaban J connectivity index is 2.00. The topological polar surface area (TPSA) is 46.3 Å². The summed E-state index contributed by atoms with van der Waals surface area (Å²) >= 11 is 0. The van der Waals surface area contributed by atoms with Crippen LogP contribution in [0.1, 0.15) is 18.9 Å². The highest BCUT2D eigenvalue weighted by Gasteiger charge is 2.31. The molecule has 0 bridgehead atoms. The molecule has 0 spiro atoms. The summed E-state index contributed by atoms with van der Waals surface area (Å²) in [5.74, 6) is 0.162. The molecule has 1 aliphatic rings. The van der Waals surface area contributed by atoms with Crippen LogP contribution in [0.2, 0.25) is 0 Å². The van der Waals surface area contributed by atoms with Gasteiger partial charge in [0.2, 0.25) is 5.91 Å². The normalized spacial score (nSPS) is 23.4. The molecule has 1 heterocycles. The third kappa shape index (κ3) is 2.88. The van der Waals surface area contributed by atoms with E-state index in [0.29, 0.717) is 12.5 Å². The minimum Gasteiger partial charge on any atom is -0.339 e. The highest BCUT2D eigenvalue weighted by molar-refractivity contribution is 5.79. The fourth-order valence-electron chi connectivity index (χ4n) is 2.58. The lowest BCUT2D eigenvalue weighted by Gasteiger charge is -2.21. The second-order valence-electron chi connectivity index (χ2n) is 5.04. The fraction of sp³-hybridized carbons (Fsp3) is 0.500. The van der Waals surface area contributed by atoms with Gasteiger partial charge >= 0.3 is 0 Å². The van der Waals surface area contributed by atoms with Gasteiger partial charge in [0.1, 0.15) is 5.82 Å². The molecule has 1 fully saturated rings. The molecule has 0 aromatic heterocycles. The average molecular weight is 250 g/mol. The molecule has 4 heteroatoms. The predicted octanol–water partition coefficient (Wildman–Crippen LogP) is 1.56. The second-order valence-corrected chi connectivity index (χ2v) is 5.04. The summed E-state index contributed by atoms with van der Waals surface area (Å²) in [6.45, 7) is 3.39. The summed E-state index contributed by atoms with van der Waals surface area (Å²) in [5, 5.41) is 0. The van der Waals surface area contributed by atoms with Gasteiger partial charge in [-0.15, -0.1) is 0 Å². The third-order valence-corrected chi connectivity index (χ3v) is 3.56. The lowest BCUT2D eigenvalue weighted by molar-refractivity contribution is -0.131. The van der Waals surface area contributed by atoms with E-state index in [0.717, 1.165) is 18.5 Å².